The average molecular weight is 340 g/mol. The Labute approximate surface area is 148 Å². The van der Waals surface area contributed by atoms with Crippen LogP contribution in [0.15, 0.2) is 60.7 Å². The number of carboxylic acids is 1. The summed E-state index contributed by atoms with van der Waals surface area (Å²) in [5.41, 5.74) is 0.706. The standard InChI is InChI=1S/C21H24O4/c1-20(25-3,19(22)23)18(24-2)17-14-21(17,15-10-6-4-7-11-15)16-12-8-5-9-13-16/h4-13,17-18H,14H2,1-3H3,(H,22,23). The maximum atomic E-state index is 11.9. The van der Waals surface area contributed by atoms with Gasteiger partial charge in [0.05, 0.1) is 0 Å². The van der Waals surface area contributed by atoms with Crippen molar-refractivity contribution in [2.24, 2.45) is 5.92 Å². The summed E-state index contributed by atoms with van der Waals surface area (Å²) in [4.78, 5) is 11.9. The van der Waals surface area contributed by atoms with Crippen LogP contribution in [0.25, 0.3) is 0 Å². The van der Waals surface area contributed by atoms with Gasteiger partial charge in [0.15, 0.2) is 5.60 Å². The summed E-state index contributed by atoms with van der Waals surface area (Å²) >= 11 is 0. The van der Waals surface area contributed by atoms with Crippen LogP contribution in [0, 0.1) is 5.92 Å². The number of ether oxygens (including phenoxy) is 2. The first-order chi connectivity index (χ1) is 12.0. The first-order valence-corrected chi connectivity index (χ1v) is 8.43. The molecule has 0 heterocycles. The second kappa shape index (κ2) is 6.62. The van der Waals surface area contributed by atoms with Gasteiger partial charge in [-0.25, -0.2) is 4.79 Å². The van der Waals surface area contributed by atoms with E-state index in [4.69, 9.17) is 9.47 Å². The lowest BCUT2D eigenvalue weighted by molar-refractivity contribution is -0.179. The van der Waals surface area contributed by atoms with Crippen LogP contribution in [-0.2, 0) is 19.7 Å². The van der Waals surface area contributed by atoms with Crippen LogP contribution in [-0.4, -0.2) is 37.0 Å². The largest absolute Gasteiger partial charge is 0.479 e. The fourth-order valence-electron chi connectivity index (χ4n) is 4.05. The Morgan fingerprint density at radius 1 is 1.08 bits per heavy atom. The van der Waals surface area contributed by atoms with Crippen molar-refractivity contribution >= 4 is 5.97 Å². The van der Waals surface area contributed by atoms with Gasteiger partial charge in [0.1, 0.15) is 6.10 Å². The second-order valence-electron chi connectivity index (χ2n) is 6.79. The van der Waals surface area contributed by atoms with Crippen molar-refractivity contribution in [1.29, 1.82) is 0 Å². The summed E-state index contributed by atoms with van der Waals surface area (Å²) in [7, 11) is 2.99. The third-order valence-corrected chi connectivity index (χ3v) is 5.60. The summed E-state index contributed by atoms with van der Waals surface area (Å²) in [6.07, 6.45) is 0.265. The number of rotatable bonds is 7. The van der Waals surface area contributed by atoms with Gasteiger partial charge in [-0.15, -0.1) is 0 Å². The normalized spacial score (nSPS) is 22.0. The lowest BCUT2D eigenvalue weighted by atomic mass is 9.81. The third-order valence-electron chi connectivity index (χ3n) is 5.60. The molecule has 3 atom stereocenters. The second-order valence-corrected chi connectivity index (χ2v) is 6.79. The molecular weight excluding hydrogens is 316 g/mol. The maximum absolute atomic E-state index is 11.9. The van der Waals surface area contributed by atoms with Crippen molar-refractivity contribution in [2.75, 3.05) is 14.2 Å². The van der Waals surface area contributed by atoms with Crippen molar-refractivity contribution in [2.45, 2.75) is 30.5 Å². The summed E-state index contributed by atoms with van der Waals surface area (Å²) in [5, 5.41) is 9.72. The molecule has 0 bridgehead atoms. The minimum Gasteiger partial charge on any atom is -0.479 e. The topological polar surface area (TPSA) is 55.8 Å². The van der Waals surface area contributed by atoms with E-state index < -0.39 is 17.7 Å². The van der Waals surface area contributed by atoms with Crippen molar-refractivity contribution < 1.29 is 19.4 Å². The molecule has 1 aliphatic carbocycles. The SMILES string of the molecule is COC(C1CC1(c1ccccc1)c1ccccc1)C(C)(OC)C(=O)O. The lowest BCUT2D eigenvalue weighted by Crippen LogP contribution is -2.51. The number of carbonyl (C=O) groups is 1. The maximum Gasteiger partial charge on any atom is 0.338 e. The minimum absolute atomic E-state index is 0.0170. The monoisotopic (exact) mass is 340 g/mol. The fourth-order valence-corrected chi connectivity index (χ4v) is 4.05. The molecule has 1 fully saturated rings. The van der Waals surface area contributed by atoms with Gasteiger partial charge in [0, 0.05) is 25.6 Å². The predicted molar refractivity (Wildman–Crippen MR) is 95.6 cm³/mol. The molecule has 1 saturated carbocycles. The zero-order chi connectivity index (χ0) is 18.1. The molecule has 25 heavy (non-hydrogen) atoms. The number of benzene rings is 2. The van der Waals surface area contributed by atoms with Crippen molar-refractivity contribution in [1.82, 2.24) is 0 Å². The zero-order valence-electron chi connectivity index (χ0n) is 14.8. The van der Waals surface area contributed by atoms with E-state index in [0.29, 0.717) is 0 Å². The van der Waals surface area contributed by atoms with Gasteiger partial charge in [0.2, 0.25) is 0 Å². The molecule has 0 aliphatic heterocycles. The lowest BCUT2D eigenvalue weighted by Gasteiger charge is -2.34. The third kappa shape index (κ3) is 2.75. The highest BCUT2D eigenvalue weighted by atomic mass is 16.6. The Balaban J connectivity index is 2.07. The number of carboxylic acid groups (broad SMARTS) is 1. The van der Waals surface area contributed by atoms with Crippen LogP contribution < -0.4 is 0 Å². The van der Waals surface area contributed by atoms with E-state index >= 15 is 0 Å². The van der Waals surface area contributed by atoms with Gasteiger partial charge < -0.3 is 14.6 Å². The van der Waals surface area contributed by atoms with Gasteiger partial charge in [-0.3, -0.25) is 0 Å². The molecule has 1 N–H and O–H groups in total. The number of hydrogen-bond acceptors (Lipinski definition) is 3. The van der Waals surface area contributed by atoms with Gasteiger partial charge in [0.25, 0.3) is 0 Å². The van der Waals surface area contributed by atoms with Crippen molar-refractivity contribution in [3.63, 3.8) is 0 Å². The van der Waals surface area contributed by atoms with E-state index in [-0.39, 0.29) is 11.3 Å². The molecule has 1 aliphatic rings. The van der Waals surface area contributed by atoms with E-state index in [1.54, 1.807) is 14.0 Å². The summed E-state index contributed by atoms with van der Waals surface area (Å²) < 4.78 is 11.1. The molecular formula is C21H24O4. The van der Waals surface area contributed by atoms with Gasteiger partial charge in [-0.1, -0.05) is 60.7 Å². The predicted octanol–water partition coefficient (Wildman–Crippen LogP) is 3.50. The zero-order valence-corrected chi connectivity index (χ0v) is 14.8. The molecule has 4 heteroatoms. The molecule has 2 aromatic carbocycles. The van der Waals surface area contributed by atoms with Crippen LogP contribution in [0.1, 0.15) is 24.5 Å². The van der Waals surface area contributed by atoms with Crippen LogP contribution in [0.3, 0.4) is 0 Å². The highest BCUT2D eigenvalue weighted by Gasteiger charge is 2.64. The number of aliphatic carboxylic acids is 1. The molecule has 132 valence electrons. The molecule has 4 nitrogen and oxygen atoms in total. The van der Waals surface area contributed by atoms with Crippen molar-refractivity contribution in [3.8, 4) is 0 Å². The van der Waals surface area contributed by atoms with Gasteiger partial charge >= 0.3 is 5.97 Å². The molecule has 3 rings (SSSR count). The van der Waals surface area contributed by atoms with E-state index in [2.05, 4.69) is 24.3 Å². The van der Waals surface area contributed by atoms with Crippen molar-refractivity contribution in [3.05, 3.63) is 71.8 Å². The minimum atomic E-state index is -1.40. The average Bonchev–Trinajstić information content (AvgIpc) is 3.39. The molecule has 0 spiro atoms. The molecule has 0 amide bonds. The Morgan fingerprint density at radius 2 is 1.56 bits per heavy atom. The van der Waals surface area contributed by atoms with Crippen LogP contribution in [0.5, 0.6) is 0 Å². The quantitative estimate of drug-likeness (QED) is 0.838. The van der Waals surface area contributed by atoms with E-state index in [0.717, 1.165) is 6.42 Å². The van der Waals surface area contributed by atoms with E-state index in [1.165, 1.54) is 18.2 Å². The molecule has 0 aromatic heterocycles. The van der Waals surface area contributed by atoms with Gasteiger partial charge in [-0.2, -0.15) is 0 Å². The molecule has 3 unspecified atom stereocenters. The Morgan fingerprint density at radius 3 is 1.92 bits per heavy atom. The fraction of sp³-hybridized carbons (Fsp3) is 0.381. The number of hydrogen-bond donors (Lipinski definition) is 1. The van der Waals surface area contributed by atoms with E-state index in [1.807, 2.05) is 36.4 Å². The van der Waals surface area contributed by atoms with Crippen LogP contribution >= 0.6 is 0 Å². The molecule has 0 radical (unpaired) electrons. The highest BCUT2D eigenvalue weighted by molar-refractivity contribution is 5.78. The summed E-state index contributed by atoms with van der Waals surface area (Å²) in [6, 6.07) is 20.5. The van der Waals surface area contributed by atoms with Crippen LogP contribution in [0.4, 0.5) is 0 Å². The van der Waals surface area contributed by atoms with Gasteiger partial charge in [-0.05, 0) is 24.5 Å². The van der Waals surface area contributed by atoms with E-state index in [9.17, 15) is 9.90 Å². The Kier molecular flexibility index (Phi) is 4.67. The summed E-state index contributed by atoms with van der Waals surface area (Å²) in [6.45, 7) is 1.59. The first kappa shape index (κ1) is 17.6. The first-order valence-electron chi connectivity index (χ1n) is 8.43. The molecule has 2 aromatic rings. The molecule has 0 saturated heterocycles. The van der Waals surface area contributed by atoms with Crippen LogP contribution in [0.2, 0.25) is 0 Å². The smallest absolute Gasteiger partial charge is 0.338 e. The Hall–Kier alpha value is -2.17. The Bertz CT molecular complexity index is 689. The number of methoxy groups -OCH3 is 2. The highest BCUT2D eigenvalue weighted by Crippen LogP contribution is 2.62. The summed E-state index contributed by atoms with van der Waals surface area (Å²) in [5.74, 6) is -0.993.